The molecule has 0 spiro atoms. The zero-order valence-electron chi connectivity index (χ0n) is 13.4. The van der Waals surface area contributed by atoms with Gasteiger partial charge in [-0.05, 0) is 48.9 Å². The summed E-state index contributed by atoms with van der Waals surface area (Å²) in [7, 11) is 0. The summed E-state index contributed by atoms with van der Waals surface area (Å²) in [6.07, 6.45) is 0.0559. The Labute approximate surface area is 148 Å². The number of nitrogens with one attached hydrogen (secondary N) is 1. The molecular formula is C18H16F2N2O2S. The van der Waals surface area contributed by atoms with Crippen molar-refractivity contribution in [3.05, 3.63) is 54.1 Å². The Balaban J connectivity index is 1.75. The third-order valence-electron chi connectivity index (χ3n) is 3.83. The lowest BCUT2D eigenvalue weighted by Gasteiger charge is -2.16. The van der Waals surface area contributed by atoms with Gasteiger partial charge in [-0.1, -0.05) is 23.9 Å². The van der Waals surface area contributed by atoms with Crippen molar-refractivity contribution >= 4 is 35.0 Å². The highest BCUT2D eigenvalue weighted by atomic mass is 32.2. The van der Waals surface area contributed by atoms with Crippen LogP contribution in [0, 0.1) is 6.92 Å². The van der Waals surface area contributed by atoms with Crippen LogP contribution in [0.4, 0.5) is 20.2 Å². The van der Waals surface area contributed by atoms with Crippen LogP contribution in [0.15, 0.2) is 53.4 Å². The predicted molar refractivity (Wildman–Crippen MR) is 94.0 cm³/mol. The largest absolute Gasteiger partial charge is 0.373 e. The molecule has 1 saturated heterocycles. The maximum atomic E-state index is 12.6. The Morgan fingerprint density at radius 3 is 2.52 bits per heavy atom. The number of imide groups is 1. The summed E-state index contributed by atoms with van der Waals surface area (Å²) in [5.74, 6) is -3.17. The van der Waals surface area contributed by atoms with Crippen LogP contribution in [0.5, 0.6) is 0 Å². The first-order valence-corrected chi connectivity index (χ1v) is 8.57. The highest BCUT2D eigenvalue weighted by molar-refractivity contribution is 7.99. The first kappa shape index (κ1) is 17.4. The van der Waals surface area contributed by atoms with Gasteiger partial charge >= 0.3 is 0 Å². The molecule has 4 nitrogen and oxygen atoms in total. The molecule has 0 saturated carbocycles. The zero-order chi connectivity index (χ0) is 18.0. The van der Waals surface area contributed by atoms with Crippen molar-refractivity contribution in [2.24, 2.45) is 0 Å². The number of carbonyl (C=O) groups excluding carboxylic acids is 2. The van der Waals surface area contributed by atoms with E-state index in [0.29, 0.717) is 22.3 Å². The number of rotatable bonds is 5. The van der Waals surface area contributed by atoms with Gasteiger partial charge in [0.25, 0.3) is 11.7 Å². The predicted octanol–water partition coefficient (Wildman–Crippen LogP) is 4.05. The van der Waals surface area contributed by atoms with Crippen LogP contribution in [0.1, 0.15) is 12.0 Å². The number of benzene rings is 2. The quantitative estimate of drug-likeness (QED) is 0.644. The van der Waals surface area contributed by atoms with Gasteiger partial charge in [0, 0.05) is 10.6 Å². The Morgan fingerprint density at radius 2 is 1.88 bits per heavy atom. The Morgan fingerprint density at radius 1 is 1.16 bits per heavy atom. The third-order valence-corrected chi connectivity index (χ3v) is 4.55. The second-order valence-corrected chi connectivity index (χ2v) is 6.77. The molecule has 0 bridgehead atoms. The van der Waals surface area contributed by atoms with Gasteiger partial charge in [-0.2, -0.15) is 8.78 Å². The number of thioether (sulfide) groups is 1. The highest BCUT2D eigenvalue weighted by Crippen LogP contribution is 2.30. The van der Waals surface area contributed by atoms with E-state index in [0.717, 1.165) is 16.2 Å². The number of amides is 2. The standard InChI is InChI=1S/C18H16F2N2O2S/c1-11-3-2-4-12(9-11)21-15-10-16(23)22(17(15)24)13-5-7-14(8-6-13)25-18(19)20/h2-9,15,18,21H,10H2,1H3/t15-/m1/s1. The lowest BCUT2D eigenvalue weighted by molar-refractivity contribution is -0.121. The lowest BCUT2D eigenvalue weighted by atomic mass is 10.2. The second kappa shape index (κ2) is 7.23. The van der Waals surface area contributed by atoms with Crippen LogP contribution in [0.25, 0.3) is 0 Å². The fraction of sp³-hybridized carbons (Fsp3) is 0.222. The van der Waals surface area contributed by atoms with Crippen LogP contribution >= 0.6 is 11.8 Å². The molecule has 1 aliphatic heterocycles. The van der Waals surface area contributed by atoms with Crippen molar-refractivity contribution in [3.63, 3.8) is 0 Å². The van der Waals surface area contributed by atoms with Crippen molar-refractivity contribution in [2.45, 2.75) is 30.0 Å². The van der Waals surface area contributed by atoms with Crippen LogP contribution < -0.4 is 10.2 Å². The summed E-state index contributed by atoms with van der Waals surface area (Å²) in [6.45, 7) is 1.94. The number of carbonyl (C=O) groups is 2. The maximum Gasteiger partial charge on any atom is 0.288 e. The van der Waals surface area contributed by atoms with E-state index in [-0.39, 0.29) is 18.2 Å². The molecule has 0 aliphatic carbocycles. The zero-order valence-corrected chi connectivity index (χ0v) is 14.2. The van der Waals surface area contributed by atoms with Gasteiger partial charge < -0.3 is 5.32 Å². The molecule has 2 amide bonds. The number of nitrogens with zero attached hydrogens (tertiary/aromatic N) is 1. The minimum Gasteiger partial charge on any atom is -0.373 e. The molecule has 0 radical (unpaired) electrons. The molecule has 1 aliphatic rings. The normalized spacial score (nSPS) is 17.4. The fourth-order valence-corrected chi connectivity index (χ4v) is 3.23. The number of halogens is 2. The molecule has 1 heterocycles. The van der Waals surface area contributed by atoms with E-state index in [2.05, 4.69) is 5.32 Å². The Hall–Kier alpha value is -2.41. The van der Waals surface area contributed by atoms with E-state index in [1.807, 2.05) is 31.2 Å². The SMILES string of the molecule is Cc1cccc(N[C@@H]2CC(=O)N(c3ccc(SC(F)F)cc3)C2=O)c1. The summed E-state index contributed by atoms with van der Waals surface area (Å²) in [5.41, 5.74) is 2.21. The van der Waals surface area contributed by atoms with Crippen LogP contribution in [-0.2, 0) is 9.59 Å². The molecule has 1 N–H and O–H groups in total. The lowest BCUT2D eigenvalue weighted by Crippen LogP contribution is -2.34. The smallest absolute Gasteiger partial charge is 0.288 e. The molecule has 0 aromatic heterocycles. The van der Waals surface area contributed by atoms with Crippen molar-refractivity contribution in [1.82, 2.24) is 0 Å². The Kier molecular flexibility index (Phi) is 5.03. The molecule has 1 fully saturated rings. The van der Waals surface area contributed by atoms with Gasteiger partial charge in [-0.3, -0.25) is 9.59 Å². The van der Waals surface area contributed by atoms with Crippen molar-refractivity contribution in [3.8, 4) is 0 Å². The summed E-state index contributed by atoms with van der Waals surface area (Å²) in [6, 6.07) is 12.9. The minimum absolute atomic E-state index is 0.0559. The van der Waals surface area contributed by atoms with E-state index in [1.54, 1.807) is 0 Å². The van der Waals surface area contributed by atoms with E-state index in [9.17, 15) is 18.4 Å². The average Bonchev–Trinajstić information content (AvgIpc) is 2.82. The number of anilines is 2. The third kappa shape index (κ3) is 3.99. The molecular weight excluding hydrogens is 346 g/mol. The molecule has 130 valence electrons. The van der Waals surface area contributed by atoms with E-state index in [4.69, 9.17) is 0 Å². The van der Waals surface area contributed by atoms with E-state index >= 15 is 0 Å². The van der Waals surface area contributed by atoms with Gasteiger partial charge in [-0.15, -0.1) is 0 Å². The fourth-order valence-electron chi connectivity index (χ4n) is 2.73. The maximum absolute atomic E-state index is 12.6. The van der Waals surface area contributed by atoms with Gasteiger partial charge in [-0.25, -0.2) is 4.90 Å². The number of hydrogen-bond donors (Lipinski definition) is 1. The van der Waals surface area contributed by atoms with Crippen LogP contribution in [0.3, 0.4) is 0 Å². The number of hydrogen-bond acceptors (Lipinski definition) is 4. The molecule has 1 atom stereocenters. The first-order chi connectivity index (χ1) is 11.9. The summed E-state index contributed by atoms with van der Waals surface area (Å²) in [4.78, 5) is 26.3. The van der Waals surface area contributed by atoms with Crippen molar-refractivity contribution in [1.29, 1.82) is 0 Å². The summed E-state index contributed by atoms with van der Waals surface area (Å²) < 4.78 is 24.7. The topological polar surface area (TPSA) is 49.4 Å². The average molecular weight is 362 g/mol. The highest BCUT2D eigenvalue weighted by Gasteiger charge is 2.39. The minimum atomic E-state index is -2.51. The van der Waals surface area contributed by atoms with Crippen LogP contribution in [-0.4, -0.2) is 23.6 Å². The van der Waals surface area contributed by atoms with Crippen molar-refractivity contribution < 1.29 is 18.4 Å². The first-order valence-electron chi connectivity index (χ1n) is 7.69. The van der Waals surface area contributed by atoms with E-state index in [1.165, 1.54) is 24.3 Å². The van der Waals surface area contributed by atoms with Gasteiger partial charge in [0.05, 0.1) is 12.1 Å². The molecule has 7 heteroatoms. The van der Waals surface area contributed by atoms with Crippen molar-refractivity contribution in [2.75, 3.05) is 10.2 Å². The number of alkyl halides is 2. The summed E-state index contributed by atoms with van der Waals surface area (Å²) >= 11 is 0.421. The van der Waals surface area contributed by atoms with Gasteiger partial charge in [0.15, 0.2) is 0 Å². The second-order valence-electron chi connectivity index (χ2n) is 5.71. The molecule has 0 unspecified atom stereocenters. The summed E-state index contributed by atoms with van der Waals surface area (Å²) in [5, 5.41) is 3.08. The molecule has 2 aromatic carbocycles. The molecule has 3 rings (SSSR count). The monoisotopic (exact) mass is 362 g/mol. The van der Waals surface area contributed by atoms with Crippen LogP contribution in [0.2, 0.25) is 0 Å². The number of aryl methyl sites for hydroxylation is 1. The van der Waals surface area contributed by atoms with Gasteiger partial charge in [0.2, 0.25) is 5.91 Å². The Bertz CT molecular complexity index is 796. The van der Waals surface area contributed by atoms with Gasteiger partial charge in [0.1, 0.15) is 6.04 Å². The molecule has 2 aromatic rings. The van der Waals surface area contributed by atoms with E-state index < -0.39 is 11.8 Å². The molecule has 25 heavy (non-hydrogen) atoms.